The molecule has 0 amide bonds. The Morgan fingerprint density at radius 2 is 2.19 bits per heavy atom. The second-order valence-corrected chi connectivity index (χ2v) is 6.38. The fourth-order valence-electron chi connectivity index (χ4n) is 2.47. The van der Waals surface area contributed by atoms with E-state index in [4.69, 9.17) is 10.5 Å². The molecule has 0 bridgehead atoms. The maximum atomic E-state index is 6.06. The molecule has 3 rings (SSSR count). The molecule has 1 saturated carbocycles. The average molecular weight is 302 g/mol. The van der Waals surface area contributed by atoms with Gasteiger partial charge in [0.2, 0.25) is 0 Å². The summed E-state index contributed by atoms with van der Waals surface area (Å²) in [5.74, 6) is 0.878. The molecule has 0 radical (unpaired) electrons. The lowest BCUT2D eigenvalue weighted by atomic mass is 10.2. The van der Waals surface area contributed by atoms with Crippen LogP contribution >= 0.6 is 11.3 Å². The summed E-state index contributed by atoms with van der Waals surface area (Å²) in [6.07, 6.45) is 3.54. The number of nitrogen functional groups attached to an aromatic ring is 1. The largest absolute Gasteiger partial charge is 0.493 e. The minimum Gasteiger partial charge on any atom is -0.493 e. The lowest BCUT2D eigenvalue weighted by molar-refractivity contribution is 0.317. The molecule has 1 aromatic heterocycles. The molecule has 1 aromatic carbocycles. The highest BCUT2D eigenvalue weighted by atomic mass is 32.1. The summed E-state index contributed by atoms with van der Waals surface area (Å²) in [5.41, 5.74) is 9.37. The van der Waals surface area contributed by atoms with Crippen LogP contribution in [0.5, 0.6) is 5.75 Å². The first-order valence-electron chi connectivity index (χ1n) is 7.57. The third kappa shape index (κ3) is 3.70. The van der Waals surface area contributed by atoms with Crippen molar-refractivity contribution in [1.29, 1.82) is 0 Å². The van der Waals surface area contributed by atoms with Crippen molar-refractivity contribution in [3.8, 4) is 5.75 Å². The van der Waals surface area contributed by atoms with E-state index < -0.39 is 0 Å². The smallest absolute Gasteiger partial charge is 0.123 e. The topological polar surface area (TPSA) is 38.5 Å². The summed E-state index contributed by atoms with van der Waals surface area (Å²) in [7, 11) is 0. The molecular formula is C17H22N2OS. The van der Waals surface area contributed by atoms with Gasteiger partial charge in [-0.1, -0.05) is 6.92 Å². The van der Waals surface area contributed by atoms with E-state index in [1.165, 1.54) is 24.1 Å². The Bertz CT molecular complexity index is 578. The fourth-order valence-corrected chi connectivity index (χ4v) is 3.13. The minimum absolute atomic E-state index is 0.644. The first-order valence-corrected chi connectivity index (χ1v) is 8.51. The summed E-state index contributed by atoms with van der Waals surface area (Å²) in [4.78, 5) is 2.46. The highest BCUT2D eigenvalue weighted by Crippen LogP contribution is 2.36. The van der Waals surface area contributed by atoms with Crippen molar-refractivity contribution in [3.05, 3.63) is 40.6 Å². The lowest BCUT2D eigenvalue weighted by Gasteiger charge is -2.25. The van der Waals surface area contributed by atoms with Gasteiger partial charge in [-0.2, -0.15) is 11.3 Å². The molecule has 4 heteroatoms. The minimum atomic E-state index is 0.644. The Morgan fingerprint density at radius 1 is 1.33 bits per heavy atom. The normalized spacial score (nSPS) is 14.1. The molecule has 1 aliphatic rings. The third-order valence-corrected chi connectivity index (χ3v) is 4.37. The van der Waals surface area contributed by atoms with Crippen LogP contribution in [0.1, 0.15) is 31.7 Å². The van der Waals surface area contributed by atoms with Crippen molar-refractivity contribution >= 4 is 22.7 Å². The second kappa shape index (κ2) is 6.39. The molecule has 2 N–H and O–H groups in total. The van der Waals surface area contributed by atoms with Gasteiger partial charge >= 0.3 is 0 Å². The van der Waals surface area contributed by atoms with Crippen molar-refractivity contribution < 1.29 is 4.74 Å². The highest BCUT2D eigenvalue weighted by Gasteiger charge is 2.29. The zero-order chi connectivity index (χ0) is 14.7. The number of nitrogens with zero attached hydrogens (tertiary/aromatic N) is 1. The summed E-state index contributed by atoms with van der Waals surface area (Å²) in [6.45, 7) is 3.79. The summed E-state index contributed by atoms with van der Waals surface area (Å²) in [6, 6.07) is 8.93. The number of ether oxygens (including phenoxy) is 1. The van der Waals surface area contributed by atoms with Gasteiger partial charge < -0.3 is 15.4 Å². The highest BCUT2D eigenvalue weighted by molar-refractivity contribution is 7.07. The van der Waals surface area contributed by atoms with E-state index in [2.05, 4.69) is 40.8 Å². The van der Waals surface area contributed by atoms with E-state index in [0.717, 1.165) is 31.0 Å². The van der Waals surface area contributed by atoms with Crippen LogP contribution in [0.4, 0.5) is 11.4 Å². The van der Waals surface area contributed by atoms with Crippen LogP contribution < -0.4 is 15.4 Å². The number of anilines is 2. The van der Waals surface area contributed by atoms with Crippen LogP contribution in [0.25, 0.3) is 0 Å². The number of benzene rings is 1. The second-order valence-electron chi connectivity index (χ2n) is 5.60. The maximum Gasteiger partial charge on any atom is 0.123 e. The van der Waals surface area contributed by atoms with Crippen molar-refractivity contribution in [2.75, 3.05) is 17.2 Å². The first-order chi connectivity index (χ1) is 10.3. The number of hydrogen-bond acceptors (Lipinski definition) is 4. The van der Waals surface area contributed by atoms with Crippen molar-refractivity contribution in [3.63, 3.8) is 0 Å². The Hall–Kier alpha value is -1.68. The Labute approximate surface area is 130 Å². The van der Waals surface area contributed by atoms with Gasteiger partial charge in [-0.3, -0.25) is 0 Å². The molecule has 2 aromatic rings. The fraction of sp³-hybridized carbons (Fsp3) is 0.412. The van der Waals surface area contributed by atoms with Gasteiger partial charge in [0.25, 0.3) is 0 Å². The van der Waals surface area contributed by atoms with Crippen LogP contribution in [-0.4, -0.2) is 12.6 Å². The monoisotopic (exact) mass is 302 g/mol. The van der Waals surface area contributed by atoms with E-state index in [-0.39, 0.29) is 0 Å². The third-order valence-electron chi connectivity index (χ3n) is 3.64. The SMILES string of the molecule is CCCOc1cc(N)cc(N(Cc2ccsc2)C2CC2)c1. The maximum absolute atomic E-state index is 6.06. The van der Waals surface area contributed by atoms with Crippen molar-refractivity contribution in [2.45, 2.75) is 38.8 Å². The van der Waals surface area contributed by atoms with Crippen molar-refractivity contribution in [1.82, 2.24) is 0 Å². The van der Waals surface area contributed by atoms with Gasteiger partial charge in [-0.25, -0.2) is 0 Å². The van der Waals surface area contributed by atoms with Gasteiger partial charge in [-0.15, -0.1) is 0 Å². The standard InChI is InChI=1S/C17H22N2OS/c1-2-6-20-17-9-14(18)8-16(10-17)19(15-3-4-15)11-13-5-7-21-12-13/h5,7-10,12,15H,2-4,6,11,18H2,1H3. The van der Waals surface area contributed by atoms with Gasteiger partial charge in [0.15, 0.2) is 0 Å². The average Bonchev–Trinajstić information content (AvgIpc) is 3.18. The molecule has 0 unspecified atom stereocenters. The van der Waals surface area contributed by atoms with E-state index in [0.29, 0.717) is 6.04 Å². The Balaban J connectivity index is 1.82. The summed E-state index contributed by atoms with van der Waals surface area (Å²) >= 11 is 1.75. The lowest BCUT2D eigenvalue weighted by Crippen LogP contribution is -2.24. The molecule has 0 saturated heterocycles. The van der Waals surface area contributed by atoms with Gasteiger partial charge in [0.05, 0.1) is 6.61 Å². The molecule has 0 aliphatic heterocycles. The van der Waals surface area contributed by atoms with Gasteiger partial charge in [-0.05, 0) is 47.7 Å². The molecule has 3 nitrogen and oxygen atoms in total. The molecule has 1 aliphatic carbocycles. The Morgan fingerprint density at radius 3 is 2.86 bits per heavy atom. The molecular weight excluding hydrogens is 280 g/mol. The quantitative estimate of drug-likeness (QED) is 0.775. The molecule has 0 spiro atoms. The summed E-state index contributed by atoms with van der Waals surface area (Å²) < 4.78 is 5.76. The van der Waals surface area contributed by atoms with Crippen LogP contribution in [-0.2, 0) is 6.54 Å². The summed E-state index contributed by atoms with van der Waals surface area (Å²) in [5, 5.41) is 4.35. The zero-order valence-corrected chi connectivity index (χ0v) is 13.2. The van der Waals surface area contributed by atoms with Gasteiger partial charge in [0.1, 0.15) is 5.75 Å². The zero-order valence-electron chi connectivity index (χ0n) is 12.4. The number of thiophene rings is 1. The van der Waals surface area contributed by atoms with E-state index in [1.54, 1.807) is 11.3 Å². The first kappa shape index (κ1) is 14.3. The van der Waals surface area contributed by atoms with Crippen molar-refractivity contribution in [2.24, 2.45) is 0 Å². The predicted molar refractivity (Wildman–Crippen MR) is 90.2 cm³/mol. The van der Waals surface area contributed by atoms with Crippen LogP contribution in [0.15, 0.2) is 35.0 Å². The molecule has 112 valence electrons. The number of rotatable bonds is 7. The van der Waals surface area contributed by atoms with E-state index >= 15 is 0 Å². The number of nitrogens with two attached hydrogens (primary N) is 1. The van der Waals surface area contributed by atoms with Crippen LogP contribution in [0.3, 0.4) is 0 Å². The van der Waals surface area contributed by atoms with E-state index in [1.807, 2.05) is 6.07 Å². The molecule has 0 atom stereocenters. The molecule has 21 heavy (non-hydrogen) atoms. The van der Waals surface area contributed by atoms with Crippen LogP contribution in [0.2, 0.25) is 0 Å². The van der Waals surface area contributed by atoms with E-state index in [9.17, 15) is 0 Å². The molecule has 1 fully saturated rings. The van der Waals surface area contributed by atoms with Crippen LogP contribution in [0, 0.1) is 0 Å². The van der Waals surface area contributed by atoms with Gasteiger partial charge in [0, 0.05) is 36.1 Å². The number of hydrogen-bond donors (Lipinski definition) is 1. The predicted octanol–water partition coefficient (Wildman–Crippen LogP) is 4.29. The Kier molecular flexibility index (Phi) is 4.34. The molecule has 1 heterocycles.